The van der Waals surface area contributed by atoms with Gasteiger partial charge in [-0.3, -0.25) is 14.1 Å². The van der Waals surface area contributed by atoms with E-state index in [2.05, 4.69) is 0 Å². The smallest absolute Gasteiger partial charge is 0.296 e. The van der Waals surface area contributed by atoms with Gasteiger partial charge in [0, 0.05) is 5.39 Å². The Hall–Kier alpha value is -2.05. The molecule has 0 N–H and O–H groups in total. The number of hydrogen-bond acceptors (Lipinski definition) is 5. The van der Waals surface area contributed by atoms with Crippen molar-refractivity contribution in [3.63, 3.8) is 0 Å². The lowest BCUT2D eigenvalue weighted by atomic mass is 9.95. The predicted octanol–water partition coefficient (Wildman–Crippen LogP) is 3.07. The summed E-state index contributed by atoms with van der Waals surface area (Å²) in [6.07, 6.45) is 0. The summed E-state index contributed by atoms with van der Waals surface area (Å²) in [6, 6.07) is 10.3. The highest BCUT2D eigenvalue weighted by Crippen LogP contribution is 2.51. The standard InChI is InChI=1S/C16H17N2O5P/c1-4-22-24(21,17(2)3)23-18-15(19)12-9-5-7-11-8-6-10-13(14(11)12)16(18)20/h5-10H,4H2,1-3H3. The molecule has 0 saturated heterocycles. The highest BCUT2D eigenvalue weighted by molar-refractivity contribution is 7.51. The van der Waals surface area contributed by atoms with Gasteiger partial charge in [-0.15, -0.1) is 5.06 Å². The van der Waals surface area contributed by atoms with Gasteiger partial charge >= 0.3 is 7.75 Å². The number of carbonyl (C=O) groups is 2. The molecule has 1 aliphatic rings. The molecule has 0 aromatic heterocycles. The van der Waals surface area contributed by atoms with Gasteiger partial charge in [-0.1, -0.05) is 24.3 Å². The normalized spacial score (nSPS) is 16.8. The zero-order chi connectivity index (χ0) is 17.5. The van der Waals surface area contributed by atoms with E-state index in [0.717, 1.165) is 5.39 Å². The van der Waals surface area contributed by atoms with Crippen LogP contribution < -0.4 is 0 Å². The Morgan fingerprint density at radius 1 is 1.04 bits per heavy atom. The molecule has 0 spiro atoms. The predicted molar refractivity (Wildman–Crippen MR) is 88.5 cm³/mol. The van der Waals surface area contributed by atoms with Gasteiger partial charge in [-0.2, -0.15) is 4.62 Å². The SMILES string of the molecule is CCOP(=O)(ON1C(=O)c2cccc3cccc(c23)C1=O)N(C)C. The molecule has 1 atom stereocenters. The Kier molecular flexibility index (Phi) is 4.27. The maximum Gasteiger partial charge on any atom is 0.429 e. The molecular weight excluding hydrogens is 331 g/mol. The molecule has 2 aromatic rings. The first kappa shape index (κ1) is 16.8. The van der Waals surface area contributed by atoms with Crippen molar-refractivity contribution in [3.8, 4) is 0 Å². The van der Waals surface area contributed by atoms with E-state index < -0.39 is 19.6 Å². The van der Waals surface area contributed by atoms with E-state index in [-0.39, 0.29) is 6.61 Å². The summed E-state index contributed by atoms with van der Waals surface area (Å²) in [4.78, 5) is 25.4. The lowest BCUT2D eigenvalue weighted by Crippen LogP contribution is -2.40. The van der Waals surface area contributed by atoms with Crippen molar-refractivity contribution >= 4 is 30.3 Å². The van der Waals surface area contributed by atoms with Gasteiger partial charge in [-0.05, 0) is 38.5 Å². The molecule has 2 aromatic carbocycles. The number of rotatable bonds is 5. The largest absolute Gasteiger partial charge is 0.429 e. The van der Waals surface area contributed by atoms with Crippen LogP contribution in [0.25, 0.3) is 10.8 Å². The summed E-state index contributed by atoms with van der Waals surface area (Å²) >= 11 is 0. The monoisotopic (exact) mass is 348 g/mol. The van der Waals surface area contributed by atoms with Crippen LogP contribution in [-0.2, 0) is 13.7 Å². The van der Waals surface area contributed by atoms with Crippen LogP contribution in [0.3, 0.4) is 0 Å². The minimum absolute atomic E-state index is 0.109. The van der Waals surface area contributed by atoms with E-state index in [0.29, 0.717) is 21.6 Å². The van der Waals surface area contributed by atoms with E-state index in [1.165, 1.54) is 18.8 Å². The highest BCUT2D eigenvalue weighted by atomic mass is 31.2. The molecule has 8 heteroatoms. The third kappa shape index (κ3) is 2.56. The number of amides is 2. The summed E-state index contributed by atoms with van der Waals surface area (Å²) in [5.74, 6) is -1.32. The van der Waals surface area contributed by atoms with Gasteiger partial charge in [0.2, 0.25) is 0 Å². The van der Waals surface area contributed by atoms with Gasteiger partial charge in [0.1, 0.15) is 0 Å². The first-order chi connectivity index (χ1) is 11.4. The molecule has 0 bridgehead atoms. The molecule has 3 rings (SSSR count). The van der Waals surface area contributed by atoms with E-state index in [1.54, 1.807) is 31.2 Å². The van der Waals surface area contributed by atoms with Gasteiger partial charge in [0.15, 0.2) is 0 Å². The first-order valence-corrected chi connectivity index (χ1v) is 8.91. The van der Waals surface area contributed by atoms with Crippen LogP contribution in [0.15, 0.2) is 36.4 Å². The summed E-state index contributed by atoms with van der Waals surface area (Å²) in [5.41, 5.74) is 0.647. The Morgan fingerprint density at radius 3 is 2.04 bits per heavy atom. The van der Waals surface area contributed by atoms with Crippen LogP contribution in [0, 0.1) is 0 Å². The molecule has 0 radical (unpaired) electrons. The lowest BCUT2D eigenvalue weighted by molar-refractivity contribution is -0.0349. The Morgan fingerprint density at radius 2 is 1.58 bits per heavy atom. The topological polar surface area (TPSA) is 76.1 Å². The van der Waals surface area contributed by atoms with E-state index in [4.69, 9.17) is 9.15 Å². The van der Waals surface area contributed by atoms with Crippen molar-refractivity contribution in [1.82, 2.24) is 9.73 Å². The third-order valence-electron chi connectivity index (χ3n) is 3.70. The maximum atomic E-state index is 12.8. The van der Waals surface area contributed by atoms with Crippen LogP contribution in [0.2, 0.25) is 0 Å². The second-order valence-electron chi connectivity index (χ2n) is 5.43. The number of carbonyl (C=O) groups excluding carboxylic acids is 2. The minimum atomic E-state index is -3.80. The average Bonchev–Trinajstić information content (AvgIpc) is 2.56. The fourth-order valence-corrected chi connectivity index (χ4v) is 3.67. The molecule has 24 heavy (non-hydrogen) atoms. The van der Waals surface area contributed by atoms with Crippen molar-refractivity contribution in [2.75, 3.05) is 20.7 Å². The van der Waals surface area contributed by atoms with Crippen molar-refractivity contribution in [2.45, 2.75) is 6.92 Å². The average molecular weight is 348 g/mol. The summed E-state index contributed by atoms with van der Waals surface area (Å²) in [7, 11) is -0.825. The molecule has 7 nitrogen and oxygen atoms in total. The molecule has 126 valence electrons. The van der Waals surface area contributed by atoms with Crippen LogP contribution in [-0.4, -0.2) is 42.3 Å². The fraction of sp³-hybridized carbons (Fsp3) is 0.250. The molecular formula is C16H17N2O5P. The Labute approximate surface area is 139 Å². The van der Waals surface area contributed by atoms with E-state index in [9.17, 15) is 14.2 Å². The molecule has 0 fully saturated rings. The molecule has 1 unspecified atom stereocenters. The van der Waals surface area contributed by atoms with Crippen molar-refractivity contribution in [2.24, 2.45) is 0 Å². The van der Waals surface area contributed by atoms with Gasteiger partial charge in [0.25, 0.3) is 11.8 Å². The zero-order valence-electron chi connectivity index (χ0n) is 13.6. The van der Waals surface area contributed by atoms with E-state index in [1.807, 2.05) is 12.1 Å². The molecule has 1 heterocycles. The molecule has 0 aliphatic carbocycles. The zero-order valence-corrected chi connectivity index (χ0v) is 14.4. The quantitative estimate of drug-likeness (QED) is 0.610. The second-order valence-corrected chi connectivity index (χ2v) is 7.59. The number of nitrogens with zero attached hydrogens (tertiary/aromatic N) is 2. The highest BCUT2D eigenvalue weighted by Gasteiger charge is 2.41. The lowest BCUT2D eigenvalue weighted by Gasteiger charge is -2.30. The summed E-state index contributed by atoms with van der Waals surface area (Å²) in [6.45, 7) is 1.76. The summed E-state index contributed by atoms with van der Waals surface area (Å²) in [5, 5.41) is 1.89. The molecule has 0 saturated carbocycles. The van der Waals surface area contributed by atoms with Gasteiger partial charge in [0.05, 0.1) is 17.7 Å². The Bertz CT molecular complexity index is 829. The molecule has 2 amide bonds. The fourth-order valence-electron chi connectivity index (χ4n) is 2.56. The minimum Gasteiger partial charge on any atom is -0.296 e. The van der Waals surface area contributed by atoms with Crippen LogP contribution in [0.5, 0.6) is 0 Å². The number of hydrogen-bond donors (Lipinski definition) is 0. The van der Waals surface area contributed by atoms with E-state index >= 15 is 0 Å². The van der Waals surface area contributed by atoms with Crippen LogP contribution in [0.4, 0.5) is 0 Å². The number of imide groups is 1. The number of benzene rings is 2. The van der Waals surface area contributed by atoms with Crippen LogP contribution >= 0.6 is 7.75 Å². The van der Waals surface area contributed by atoms with Gasteiger partial charge in [-0.25, -0.2) is 9.24 Å². The van der Waals surface area contributed by atoms with Gasteiger partial charge < -0.3 is 0 Å². The van der Waals surface area contributed by atoms with Crippen molar-refractivity contribution in [3.05, 3.63) is 47.5 Å². The number of hydroxylamine groups is 2. The first-order valence-electron chi connectivity index (χ1n) is 7.41. The van der Waals surface area contributed by atoms with Crippen molar-refractivity contribution in [1.29, 1.82) is 0 Å². The summed E-state index contributed by atoms with van der Waals surface area (Å²) < 4.78 is 24.4. The Balaban J connectivity index is 2.09. The third-order valence-corrected chi connectivity index (χ3v) is 5.64. The molecule has 1 aliphatic heterocycles. The van der Waals surface area contributed by atoms with Crippen LogP contribution in [0.1, 0.15) is 27.6 Å². The maximum absolute atomic E-state index is 12.8. The second kappa shape index (κ2) is 6.11. The van der Waals surface area contributed by atoms with Crippen molar-refractivity contribution < 1.29 is 23.3 Å².